The maximum atomic E-state index is 12.4. The third kappa shape index (κ3) is 2.03. The molecule has 5 heteroatoms. The quantitative estimate of drug-likeness (QED) is 0.619. The molecule has 5 aliphatic rings. The Morgan fingerprint density at radius 1 is 1.38 bits per heavy atom. The predicted molar refractivity (Wildman–Crippen MR) is 85.7 cm³/mol. The van der Waals surface area contributed by atoms with Crippen molar-refractivity contribution in [2.24, 2.45) is 29.1 Å². The van der Waals surface area contributed by atoms with Crippen LogP contribution in [0.4, 0.5) is 0 Å². The summed E-state index contributed by atoms with van der Waals surface area (Å²) < 4.78 is 11.6. The smallest absolute Gasteiger partial charge is 0.310 e. The molecule has 0 unspecified atom stereocenters. The first-order chi connectivity index (χ1) is 11.2. The molecule has 4 fully saturated rings. The van der Waals surface area contributed by atoms with Gasteiger partial charge in [-0.25, -0.2) is 0 Å². The molecule has 1 heterocycles. The Kier molecular flexibility index (Phi) is 3.41. The van der Waals surface area contributed by atoms with Crippen molar-refractivity contribution in [2.75, 3.05) is 0 Å². The molecule has 1 aliphatic heterocycles. The van der Waals surface area contributed by atoms with Gasteiger partial charge in [0.2, 0.25) is 0 Å². The minimum Gasteiger partial charge on any atom is -0.462 e. The molecule has 4 aliphatic carbocycles. The second kappa shape index (κ2) is 5.07. The van der Waals surface area contributed by atoms with Crippen LogP contribution in [0.25, 0.3) is 0 Å². The molecule has 1 saturated heterocycles. The molecular formula is C19H26O5. The van der Waals surface area contributed by atoms with Crippen molar-refractivity contribution in [3.63, 3.8) is 0 Å². The van der Waals surface area contributed by atoms with Crippen molar-refractivity contribution < 1.29 is 24.2 Å². The van der Waals surface area contributed by atoms with Crippen LogP contribution in [0.2, 0.25) is 0 Å². The maximum Gasteiger partial charge on any atom is 0.310 e. The number of carbonyl (C=O) groups is 2. The molecular weight excluding hydrogens is 308 g/mol. The van der Waals surface area contributed by atoms with Crippen molar-refractivity contribution in [3.8, 4) is 0 Å². The third-order valence-electron chi connectivity index (χ3n) is 6.82. The lowest BCUT2D eigenvalue weighted by molar-refractivity contribution is -0.163. The fourth-order valence-electron chi connectivity index (χ4n) is 5.55. The number of aliphatic hydroxyl groups is 1. The molecule has 5 nitrogen and oxygen atoms in total. The molecule has 0 amide bonds. The van der Waals surface area contributed by atoms with E-state index in [1.165, 1.54) is 0 Å². The lowest BCUT2D eigenvalue weighted by Crippen LogP contribution is -2.45. The number of hydrogen-bond donors (Lipinski definition) is 1. The minimum absolute atomic E-state index is 0.103. The van der Waals surface area contributed by atoms with Gasteiger partial charge in [-0.3, -0.25) is 9.59 Å². The first kappa shape index (κ1) is 16.1. The zero-order valence-corrected chi connectivity index (χ0v) is 14.7. The zero-order valence-electron chi connectivity index (χ0n) is 14.7. The highest BCUT2D eigenvalue weighted by atomic mass is 16.6. The molecule has 4 bridgehead atoms. The predicted octanol–water partition coefficient (Wildman–Crippen LogP) is 2.22. The summed E-state index contributed by atoms with van der Waals surface area (Å²) in [5, 5.41) is 10.4. The summed E-state index contributed by atoms with van der Waals surface area (Å²) >= 11 is 0. The number of aliphatic hydroxyl groups excluding tert-OH is 1. The van der Waals surface area contributed by atoms with Crippen molar-refractivity contribution in [3.05, 3.63) is 11.1 Å². The highest BCUT2D eigenvalue weighted by Crippen LogP contribution is 2.63. The summed E-state index contributed by atoms with van der Waals surface area (Å²) in [5.41, 5.74) is 1.92. The summed E-state index contributed by atoms with van der Waals surface area (Å²) in [5.74, 6) is -0.646. The van der Waals surface area contributed by atoms with E-state index in [4.69, 9.17) is 9.47 Å². The second-order valence-electron chi connectivity index (χ2n) is 8.68. The van der Waals surface area contributed by atoms with E-state index in [2.05, 4.69) is 6.92 Å². The van der Waals surface area contributed by atoms with E-state index in [-0.39, 0.29) is 53.2 Å². The van der Waals surface area contributed by atoms with E-state index in [0.717, 1.165) is 24.0 Å². The monoisotopic (exact) mass is 334 g/mol. The van der Waals surface area contributed by atoms with Crippen molar-refractivity contribution in [1.29, 1.82) is 0 Å². The van der Waals surface area contributed by atoms with Gasteiger partial charge in [-0.2, -0.15) is 0 Å². The number of fused-ring (bicyclic) bond motifs is 1. The first-order valence-corrected chi connectivity index (χ1v) is 9.02. The van der Waals surface area contributed by atoms with E-state index in [9.17, 15) is 14.7 Å². The van der Waals surface area contributed by atoms with Gasteiger partial charge in [-0.1, -0.05) is 20.8 Å². The van der Waals surface area contributed by atoms with Gasteiger partial charge in [-0.05, 0) is 48.7 Å². The van der Waals surface area contributed by atoms with Crippen molar-refractivity contribution in [1.82, 2.24) is 0 Å². The minimum atomic E-state index is -0.449. The summed E-state index contributed by atoms with van der Waals surface area (Å²) in [7, 11) is 0. The Morgan fingerprint density at radius 2 is 2.08 bits per heavy atom. The Bertz CT molecular complexity index is 636. The van der Waals surface area contributed by atoms with Gasteiger partial charge in [0.05, 0.1) is 23.9 Å². The molecule has 0 aromatic heterocycles. The second-order valence-corrected chi connectivity index (χ2v) is 8.68. The Balaban J connectivity index is 1.78. The van der Waals surface area contributed by atoms with Crippen LogP contribution in [0.3, 0.4) is 0 Å². The molecule has 0 aromatic carbocycles. The average Bonchev–Trinajstić information content (AvgIpc) is 2.91. The Morgan fingerprint density at radius 3 is 2.75 bits per heavy atom. The van der Waals surface area contributed by atoms with Gasteiger partial charge in [-0.15, -0.1) is 0 Å². The molecule has 0 radical (unpaired) electrons. The van der Waals surface area contributed by atoms with E-state index in [1.807, 2.05) is 20.8 Å². The number of ether oxygens (including phenoxy) is 2. The van der Waals surface area contributed by atoms with Gasteiger partial charge in [0.25, 0.3) is 0 Å². The van der Waals surface area contributed by atoms with Crippen LogP contribution in [0.1, 0.15) is 47.0 Å². The molecule has 1 N–H and O–H groups in total. The molecule has 24 heavy (non-hydrogen) atoms. The van der Waals surface area contributed by atoms with Gasteiger partial charge >= 0.3 is 11.9 Å². The van der Waals surface area contributed by atoms with Crippen LogP contribution in [0.15, 0.2) is 11.1 Å². The molecule has 7 atom stereocenters. The number of esters is 2. The number of rotatable bonds is 2. The largest absolute Gasteiger partial charge is 0.462 e. The highest BCUT2D eigenvalue weighted by molar-refractivity contribution is 5.78. The molecule has 0 aromatic rings. The van der Waals surface area contributed by atoms with Gasteiger partial charge in [0, 0.05) is 0 Å². The lowest BCUT2D eigenvalue weighted by Gasteiger charge is -2.43. The normalized spacial score (nSPS) is 46.2. The van der Waals surface area contributed by atoms with E-state index in [0.29, 0.717) is 6.42 Å². The van der Waals surface area contributed by atoms with Crippen LogP contribution in [-0.4, -0.2) is 35.4 Å². The van der Waals surface area contributed by atoms with Gasteiger partial charge < -0.3 is 14.6 Å². The topological polar surface area (TPSA) is 72.8 Å². The van der Waals surface area contributed by atoms with Crippen molar-refractivity contribution in [2.45, 2.75) is 65.3 Å². The summed E-state index contributed by atoms with van der Waals surface area (Å²) in [4.78, 5) is 24.6. The third-order valence-corrected chi connectivity index (χ3v) is 6.82. The average molecular weight is 334 g/mol. The van der Waals surface area contributed by atoms with Gasteiger partial charge in [0.15, 0.2) is 0 Å². The highest BCUT2D eigenvalue weighted by Gasteiger charge is 2.65. The van der Waals surface area contributed by atoms with E-state index < -0.39 is 6.10 Å². The van der Waals surface area contributed by atoms with E-state index >= 15 is 0 Å². The summed E-state index contributed by atoms with van der Waals surface area (Å²) in [6.07, 6.45) is 1.14. The van der Waals surface area contributed by atoms with Crippen LogP contribution in [0, 0.1) is 29.1 Å². The number of carbonyl (C=O) groups excluding carboxylic acids is 2. The van der Waals surface area contributed by atoms with Gasteiger partial charge in [0.1, 0.15) is 12.2 Å². The molecule has 3 saturated carbocycles. The first-order valence-electron chi connectivity index (χ1n) is 9.02. The van der Waals surface area contributed by atoms with E-state index in [1.54, 1.807) is 0 Å². The standard InChI is InChI=1S/C19H26O5/c1-8(2)17(21)23-13-7-19(4)6-10-15(13)16(24-18(10)22)14-9(3)12(20)5-11(14)19/h8,10-13,15-16,20H,5-7H2,1-4H3/t10-,11-,12-,13-,15-,16+,19+/m1/s1. The molecule has 132 valence electrons. The molecule has 5 rings (SSSR count). The fourth-order valence-corrected chi connectivity index (χ4v) is 5.55. The summed E-state index contributed by atoms with van der Waals surface area (Å²) in [6.45, 7) is 7.79. The van der Waals surface area contributed by atoms with Crippen LogP contribution < -0.4 is 0 Å². The SMILES string of the molecule is CC1=C2[C@@H](C[C@H]1O)[C@]1(C)C[C@@H](OC(=O)C(C)C)[C@H]3[C@@H](C1)C(=O)O[C@@H]23. The van der Waals surface area contributed by atoms with Crippen LogP contribution >= 0.6 is 0 Å². The van der Waals surface area contributed by atoms with Crippen molar-refractivity contribution >= 4 is 11.9 Å². The zero-order chi connectivity index (χ0) is 17.4. The fraction of sp³-hybridized carbons (Fsp3) is 0.789. The molecule has 0 spiro atoms. The number of hydrogen-bond acceptors (Lipinski definition) is 5. The summed E-state index contributed by atoms with van der Waals surface area (Å²) in [6, 6.07) is 0. The van der Waals surface area contributed by atoms with Crippen LogP contribution in [-0.2, 0) is 19.1 Å². The van der Waals surface area contributed by atoms with Crippen LogP contribution in [0.5, 0.6) is 0 Å². The lowest BCUT2D eigenvalue weighted by atomic mass is 9.62. The maximum absolute atomic E-state index is 12.4. The Hall–Kier alpha value is -1.36. The Labute approximate surface area is 142 Å².